The van der Waals surface area contributed by atoms with Crippen molar-refractivity contribution in [1.29, 1.82) is 0 Å². The van der Waals surface area contributed by atoms with E-state index in [9.17, 15) is 9.59 Å². The third-order valence-corrected chi connectivity index (χ3v) is 7.16. The molecule has 30 heavy (non-hydrogen) atoms. The molecule has 1 saturated heterocycles. The molecule has 3 aromatic rings. The number of aromatic nitrogens is 3. The summed E-state index contributed by atoms with van der Waals surface area (Å²) in [7, 11) is 0. The van der Waals surface area contributed by atoms with E-state index in [4.69, 9.17) is 0 Å². The van der Waals surface area contributed by atoms with Gasteiger partial charge in [0.1, 0.15) is 6.04 Å². The van der Waals surface area contributed by atoms with Gasteiger partial charge in [-0.25, -0.2) is 9.97 Å². The van der Waals surface area contributed by atoms with Crippen molar-refractivity contribution in [3.8, 4) is 0 Å². The molecule has 0 unspecified atom stereocenters. The minimum Gasteiger partial charge on any atom is -0.350 e. The van der Waals surface area contributed by atoms with Crippen molar-refractivity contribution in [2.75, 3.05) is 11.4 Å². The predicted octanol–water partition coefficient (Wildman–Crippen LogP) is 3.25. The van der Waals surface area contributed by atoms with Gasteiger partial charge in [0.05, 0.1) is 6.33 Å². The lowest BCUT2D eigenvalue weighted by molar-refractivity contribution is -0.122. The van der Waals surface area contributed by atoms with E-state index in [0.29, 0.717) is 16.9 Å². The Labute approximate surface area is 178 Å². The van der Waals surface area contributed by atoms with Crippen LogP contribution < -0.4 is 15.8 Å². The van der Waals surface area contributed by atoms with E-state index in [0.717, 1.165) is 55.8 Å². The molecular formula is C22H25N5O2S. The maximum atomic E-state index is 13.0. The molecule has 1 aliphatic heterocycles. The number of hydrogen-bond acceptors (Lipinski definition) is 6. The second-order valence-electron chi connectivity index (χ2n) is 8.10. The summed E-state index contributed by atoms with van der Waals surface area (Å²) in [6, 6.07) is 9.88. The molecule has 7 nitrogen and oxygen atoms in total. The van der Waals surface area contributed by atoms with Gasteiger partial charge in [-0.15, -0.1) is 0 Å². The molecule has 1 saturated carbocycles. The Kier molecular flexibility index (Phi) is 5.25. The van der Waals surface area contributed by atoms with Crippen LogP contribution in [0, 0.1) is 0 Å². The number of nitrogens with zero attached hydrogens (tertiary/aromatic N) is 4. The molecule has 1 amide bonds. The van der Waals surface area contributed by atoms with Gasteiger partial charge in [-0.1, -0.05) is 54.5 Å². The summed E-state index contributed by atoms with van der Waals surface area (Å²) in [5, 5.41) is 3.77. The first-order valence-corrected chi connectivity index (χ1v) is 11.5. The highest BCUT2D eigenvalue weighted by Crippen LogP contribution is 2.33. The number of rotatable bonds is 5. The second kappa shape index (κ2) is 8.18. The number of fused-ring (bicyclic) bond motifs is 1. The highest BCUT2D eigenvalue weighted by molar-refractivity contribution is 7.21. The van der Waals surface area contributed by atoms with Crippen LogP contribution in [0.1, 0.15) is 50.1 Å². The first-order valence-electron chi connectivity index (χ1n) is 10.7. The van der Waals surface area contributed by atoms with Crippen LogP contribution in [0.3, 0.4) is 0 Å². The summed E-state index contributed by atoms with van der Waals surface area (Å²) in [6.45, 7) is 1.28. The van der Waals surface area contributed by atoms with Gasteiger partial charge in [0, 0.05) is 19.1 Å². The summed E-state index contributed by atoms with van der Waals surface area (Å²) < 4.78 is 1.76. The molecule has 3 heterocycles. The van der Waals surface area contributed by atoms with Gasteiger partial charge in [0.15, 0.2) is 15.5 Å². The largest absolute Gasteiger partial charge is 0.350 e. The molecule has 8 heteroatoms. The highest BCUT2D eigenvalue weighted by Gasteiger charge is 2.33. The number of hydrogen-bond donors (Lipinski definition) is 1. The molecule has 0 radical (unpaired) electrons. The van der Waals surface area contributed by atoms with Crippen molar-refractivity contribution < 1.29 is 4.79 Å². The summed E-state index contributed by atoms with van der Waals surface area (Å²) in [5.74, 6) is 0.00642. The van der Waals surface area contributed by atoms with Crippen LogP contribution in [0.5, 0.6) is 0 Å². The first kappa shape index (κ1) is 19.2. The number of nitrogens with one attached hydrogen (secondary N) is 1. The molecule has 0 bridgehead atoms. The third-order valence-electron chi connectivity index (χ3n) is 6.16. The van der Waals surface area contributed by atoms with E-state index >= 15 is 0 Å². The Bertz CT molecular complexity index is 1100. The summed E-state index contributed by atoms with van der Waals surface area (Å²) >= 11 is 1.41. The van der Waals surface area contributed by atoms with E-state index in [-0.39, 0.29) is 23.6 Å². The highest BCUT2D eigenvalue weighted by atomic mass is 32.1. The summed E-state index contributed by atoms with van der Waals surface area (Å²) in [4.78, 5) is 37.7. The smallest absolute Gasteiger partial charge is 0.281 e. The van der Waals surface area contributed by atoms with Gasteiger partial charge in [-0.3, -0.25) is 14.2 Å². The van der Waals surface area contributed by atoms with Crippen LogP contribution in [0.25, 0.3) is 10.3 Å². The van der Waals surface area contributed by atoms with E-state index in [2.05, 4.69) is 15.3 Å². The molecule has 0 spiro atoms. The van der Waals surface area contributed by atoms with Crippen LogP contribution in [0.15, 0.2) is 41.5 Å². The fraction of sp³-hybridized carbons (Fsp3) is 0.455. The van der Waals surface area contributed by atoms with Crippen LogP contribution in [-0.4, -0.2) is 33.0 Å². The van der Waals surface area contributed by atoms with Crippen molar-refractivity contribution in [3.63, 3.8) is 0 Å². The van der Waals surface area contributed by atoms with Gasteiger partial charge >= 0.3 is 0 Å². The number of thiazole rings is 1. The van der Waals surface area contributed by atoms with Crippen molar-refractivity contribution in [2.45, 2.75) is 57.2 Å². The molecule has 1 atom stereocenters. The maximum absolute atomic E-state index is 13.0. The number of amides is 1. The first-order chi connectivity index (χ1) is 14.7. The lowest BCUT2D eigenvalue weighted by Crippen LogP contribution is -2.43. The minimum atomic E-state index is -0.258. The summed E-state index contributed by atoms with van der Waals surface area (Å²) in [5.41, 5.74) is 1.45. The third kappa shape index (κ3) is 3.60. The second-order valence-corrected chi connectivity index (χ2v) is 9.06. The van der Waals surface area contributed by atoms with E-state index in [1.54, 1.807) is 10.9 Å². The Morgan fingerprint density at radius 3 is 2.73 bits per heavy atom. The predicted molar refractivity (Wildman–Crippen MR) is 118 cm³/mol. The van der Waals surface area contributed by atoms with Crippen molar-refractivity contribution >= 4 is 32.7 Å². The zero-order chi connectivity index (χ0) is 20.5. The molecule has 2 fully saturated rings. The Hall–Kier alpha value is -2.74. The Morgan fingerprint density at radius 2 is 1.93 bits per heavy atom. The van der Waals surface area contributed by atoms with E-state index in [1.807, 2.05) is 35.2 Å². The van der Waals surface area contributed by atoms with E-state index < -0.39 is 0 Å². The van der Waals surface area contributed by atoms with Gasteiger partial charge in [0.2, 0.25) is 5.91 Å². The van der Waals surface area contributed by atoms with Crippen molar-refractivity contribution in [3.05, 3.63) is 52.6 Å². The van der Waals surface area contributed by atoms with Crippen LogP contribution in [0.4, 0.5) is 5.13 Å². The van der Waals surface area contributed by atoms with Gasteiger partial charge in [-0.05, 0) is 31.2 Å². The zero-order valence-electron chi connectivity index (χ0n) is 16.8. The van der Waals surface area contributed by atoms with Gasteiger partial charge < -0.3 is 10.2 Å². The molecule has 1 aromatic carbocycles. The molecule has 2 aromatic heterocycles. The lowest BCUT2D eigenvalue weighted by Gasteiger charge is -2.23. The number of carbonyl (C=O) groups excluding carboxylic acids is 1. The van der Waals surface area contributed by atoms with Crippen molar-refractivity contribution in [2.24, 2.45) is 0 Å². The molecule has 156 valence electrons. The molecule has 1 aliphatic carbocycles. The van der Waals surface area contributed by atoms with Crippen LogP contribution in [-0.2, 0) is 11.3 Å². The lowest BCUT2D eigenvalue weighted by atomic mass is 10.2. The number of carbonyl (C=O) groups is 1. The maximum Gasteiger partial charge on any atom is 0.281 e. The number of benzene rings is 1. The van der Waals surface area contributed by atoms with Crippen molar-refractivity contribution in [1.82, 2.24) is 19.9 Å². The molecule has 5 rings (SSSR count). The zero-order valence-corrected chi connectivity index (χ0v) is 17.6. The summed E-state index contributed by atoms with van der Waals surface area (Å²) in [6.07, 6.45) is 7.77. The fourth-order valence-electron chi connectivity index (χ4n) is 4.55. The number of anilines is 1. The SMILES string of the molecule is O=C(NCc1ccccc1)[C@H]1CCCN1c1nc2c(=O)n(C3CCCC3)cnc2s1. The Balaban J connectivity index is 1.36. The van der Waals surface area contributed by atoms with E-state index in [1.165, 1.54) is 11.3 Å². The normalized spacial score (nSPS) is 19.6. The van der Waals surface area contributed by atoms with Gasteiger partial charge in [-0.2, -0.15) is 0 Å². The van der Waals surface area contributed by atoms with Crippen LogP contribution in [0.2, 0.25) is 0 Å². The fourth-order valence-corrected chi connectivity index (χ4v) is 5.53. The molecular weight excluding hydrogens is 398 g/mol. The molecule has 1 N–H and O–H groups in total. The molecule has 2 aliphatic rings. The standard InChI is InChI=1S/C22H25N5O2S/c28-19(23-13-15-7-2-1-3-8-15)17-11-6-12-26(17)22-25-18-20(30-22)24-14-27(21(18)29)16-9-4-5-10-16/h1-3,7-8,14,16-17H,4-6,9-13H2,(H,23,28)/t17-/m1/s1. The average molecular weight is 424 g/mol. The van der Waals surface area contributed by atoms with Crippen LogP contribution >= 0.6 is 11.3 Å². The average Bonchev–Trinajstić information content (AvgIpc) is 3.53. The Morgan fingerprint density at radius 1 is 1.13 bits per heavy atom. The van der Waals surface area contributed by atoms with Gasteiger partial charge in [0.25, 0.3) is 5.56 Å². The minimum absolute atomic E-state index is 0.00642. The quantitative estimate of drug-likeness (QED) is 0.681. The monoisotopic (exact) mass is 423 g/mol. The topological polar surface area (TPSA) is 80.1 Å².